The number of aryl methyl sites for hydroxylation is 2. The lowest BCUT2D eigenvalue weighted by Crippen LogP contribution is -2.40. The fourth-order valence-corrected chi connectivity index (χ4v) is 10.5. The van der Waals surface area contributed by atoms with Crippen LogP contribution in [0.3, 0.4) is 0 Å². The molecule has 0 radical (unpaired) electrons. The molecule has 5 aromatic rings. The van der Waals surface area contributed by atoms with E-state index in [1.807, 2.05) is 70.3 Å². The van der Waals surface area contributed by atoms with E-state index >= 15 is 0 Å². The Labute approximate surface area is 452 Å². The van der Waals surface area contributed by atoms with Crippen molar-refractivity contribution in [1.29, 1.82) is 0 Å². The van der Waals surface area contributed by atoms with Crippen molar-refractivity contribution in [3.05, 3.63) is 118 Å². The van der Waals surface area contributed by atoms with Crippen molar-refractivity contribution >= 4 is 53.1 Å². The molecule has 1 amide bonds. The number of ketones is 1. The number of aldehydes is 1. The molecular weight excluding hydrogens is 965 g/mol. The number of ether oxygens (including phenoxy) is 1. The van der Waals surface area contributed by atoms with Gasteiger partial charge >= 0.3 is 0 Å². The van der Waals surface area contributed by atoms with Gasteiger partial charge in [0.2, 0.25) is 5.91 Å². The van der Waals surface area contributed by atoms with Gasteiger partial charge in [-0.15, -0.1) is 3.89 Å². The second-order valence-corrected chi connectivity index (χ2v) is 20.4. The molecule has 4 heterocycles. The van der Waals surface area contributed by atoms with Crippen molar-refractivity contribution < 1.29 is 27.4 Å². The fourth-order valence-electron chi connectivity index (χ4n) is 9.99. The molecule has 3 N–H and O–H groups in total. The number of imidazole rings is 1. The Morgan fingerprint density at radius 1 is 0.907 bits per heavy atom. The van der Waals surface area contributed by atoms with Crippen molar-refractivity contribution in [2.75, 3.05) is 45.2 Å². The van der Waals surface area contributed by atoms with Gasteiger partial charge in [-0.1, -0.05) is 95.0 Å². The zero-order valence-electron chi connectivity index (χ0n) is 46.9. The molecule has 3 unspecified atom stereocenters. The number of pyridine rings is 1. The number of benzene rings is 3. The third-order valence-electron chi connectivity index (χ3n) is 14.6. The lowest BCUT2D eigenvalue weighted by molar-refractivity contribution is -0.119. The molecule has 3 atom stereocenters. The standard InChI is InChI=1S/C34H39FN4O2S.C13H27N.C12H15FN2O2.C2H6/c1-21(23(3)38-17-14-28(15-18-38)27-9-7-26(8-10-27)24(4)40)19-31-22(2)36-16-13-30(31)29-11-12-32-33(20-29)39(42-35)34(37-32)25(5)41-6;1-3-8-13(9-4-2)12-14-10-6-5-7-11-14;1-8-4-5-9(7-10(8)13)15-11(12(14)17)3-2-6-16;1-2/h7-13,16,19-20,23,25,28H,14-15,17-18H2,1-6H3;13H,3-12H2,1-2H3;4-7,11,15H,2-3H2,1H3,(H2,14,17);1-2H3/b21-19+;;;. The van der Waals surface area contributed by atoms with Crippen LogP contribution in [0.1, 0.15) is 177 Å². The minimum atomic E-state index is -0.665. The first-order chi connectivity index (χ1) is 36.1. The van der Waals surface area contributed by atoms with Gasteiger partial charge in [0, 0.05) is 54.8 Å². The first-order valence-corrected chi connectivity index (χ1v) is 28.1. The molecule has 2 aliphatic rings. The molecule has 0 bridgehead atoms. The van der Waals surface area contributed by atoms with Crippen LogP contribution in [0.5, 0.6) is 0 Å². The number of hydrogen-bond donors (Lipinski definition) is 2. The number of piperidine rings is 2. The summed E-state index contributed by atoms with van der Waals surface area (Å²) in [6.45, 7) is 26.4. The number of likely N-dealkylation sites (tertiary alicyclic amines) is 2. The van der Waals surface area contributed by atoms with Crippen LogP contribution in [0.25, 0.3) is 28.2 Å². The normalized spacial score (nSPS) is 15.6. The number of nitrogens with one attached hydrogen (secondary N) is 1. The van der Waals surface area contributed by atoms with E-state index in [1.165, 1.54) is 85.8 Å². The molecular formula is C61H87F2N7O4S. The molecule has 2 fully saturated rings. The Morgan fingerprint density at radius 3 is 2.15 bits per heavy atom. The second kappa shape index (κ2) is 32.3. The van der Waals surface area contributed by atoms with E-state index in [2.05, 4.69) is 71.0 Å². The van der Waals surface area contributed by atoms with Crippen molar-refractivity contribution in [3.63, 3.8) is 0 Å². The fraction of sp³-hybridized carbons (Fsp3) is 0.525. The molecule has 0 aliphatic carbocycles. The van der Waals surface area contributed by atoms with Crippen LogP contribution in [-0.2, 0) is 14.3 Å². The quantitative estimate of drug-likeness (QED) is 0.0540. The van der Waals surface area contributed by atoms with Gasteiger partial charge in [-0.2, -0.15) is 0 Å². The highest BCUT2D eigenvalue weighted by molar-refractivity contribution is 7.93. The van der Waals surface area contributed by atoms with Crippen molar-refractivity contribution in [2.24, 2.45) is 11.7 Å². The number of rotatable bonds is 21. The van der Waals surface area contributed by atoms with Gasteiger partial charge < -0.3 is 25.5 Å². The van der Waals surface area contributed by atoms with Crippen molar-refractivity contribution in [2.45, 2.75) is 164 Å². The minimum Gasteiger partial charge on any atom is -0.374 e. The van der Waals surface area contributed by atoms with Gasteiger partial charge in [-0.25, -0.2) is 13.3 Å². The molecule has 2 aliphatic heterocycles. The van der Waals surface area contributed by atoms with Crippen LogP contribution in [0, 0.1) is 25.6 Å². The highest BCUT2D eigenvalue weighted by Crippen LogP contribution is 2.35. The molecule has 2 aromatic heterocycles. The maximum absolute atomic E-state index is 14.1. The number of halogens is 2. The third-order valence-corrected chi connectivity index (χ3v) is 15.1. The lowest BCUT2D eigenvalue weighted by Gasteiger charge is -2.37. The van der Waals surface area contributed by atoms with Gasteiger partial charge in [0.05, 0.1) is 11.0 Å². The SMILES string of the molecule is CC.CCCC(CCC)CN1CCCCC1.COC(C)c1nc2ccc(-c3ccnc(C)c3/C=C(\C)C(C)N3CCC(c4ccc(C(C)=O)cc4)CC3)cc2n1SF.Cc1ccc(NC(CCC=O)C(N)=O)cc1F. The second-order valence-electron chi connectivity index (χ2n) is 19.9. The number of amides is 1. The average molecular weight is 1050 g/mol. The predicted molar refractivity (Wildman–Crippen MR) is 308 cm³/mol. The van der Waals surface area contributed by atoms with E-state index in [0.29, 0.717) is 41.2 Å². The van der Waals surface area contributed by atoms with Crippen LogP contribution < -0.4 is 11.1 Å². The Kier molecular flexibility index (Phi) is 26.8. The number of anilines is 1. The Hall–Kier alpha value is -5.28. The topological polar surface area (TPSA) is 136 Å². The summed E-state index contributed by atoms with van der Waals surface area (Å²) in [6, 6.07) is 20.3. The molecule has 3 aromatic carbocycles. The van der Waals surface area contributed by atoms with E-state index in [4.69, 9.17) is 10.5 Å². The maximum atomic E-state index is 14.1. The molecule has 11 nitrogen and oxygen atoms in total. The monoisotopic (exact) mass is 1050 g/mol. The van der Waals surface area contributed by atoms with E-state index < -0.39 is 11.9 Å². The van der Waals surface area contributed by atoms with Crippen LogP contribution >= 0.6 is 12.3 Å². The lowest BCUT2D eigenvalue weighted by atomic mass is 9.87. The van der Waals surface area contributed by atoms with E-state index in [0.717, 1.165) is 65.3 Å². The molecule has 0 saturated carbocycles. The number of methoxy groups -OCH3 is 1. The molecule has 410 valence electrons. The zero-order chi connectivity index (χ0) is 55.0. The van der Waals surface area contributed by atoms with E-state index in [-0.39, 0.29) is 42.5 Å². The van der Waals surface area contributed by atoms with E-state index in [9.17, 15) is 22.7 Å². The zero-order valence-corrected chi connectivity index (χ0v) is 47.7. The number of carbonyl (C=O) groups is 3. The largest absolute Gasteiger partial charge is 0.374 e. The highest BCUT2D eigenvalue weighted by atomic mass is 32.2. The Balaban J connectivity index is 0.000000301. The molecule has 0 spiro atoms. The van der Waals surface area contributed by atoms with Crippen LogP contribution in [0.4, 0.5) is 14.0 Å². The smallest absolute Gasteiger partial charge is 0.239 e. The summed E-state index contributed by atoms with van der Waals surface area (Å²) in [7, 11) is 1.60. The first kappa shape index (κ1) is 62.3. The maximum Gasteiger partial charge on any atom is 0.239 e. The highest BCUT2D eigenvalue weighted by Gasteiger charge is 2.26. The van der Waals surface area contributed by atoms with Gasteiger partial charge in [0.25, 0.3) is 0 Å². The Bertz CT molecular complexity index is 2570. The van der Waals surface area contributed by atoms with Gasteiger partial charge in [-0.05, 0) is 177 Å². The Morgan fingerprint density at radius 2 is 1.57 bits per heavy atom. The number of carbonyl (C=O) groups excluding carboxylic acids is 3. The van der Waals surface area contributed by atoms with Crippen molar-refractivity contribution in [3.8, 4) is 11.1 Å². The molecule has 14 heteroatoms. The number of nitrogens with zero attached hydrogens (tertiary/aromatic N) is 5. The predicted octanol–water partition coefficient (Wildman–Crippen LogP) is 14.5. The molecule has 75 heavy (non-hydrogen) atoms. The van der Waals surface area contributed by atoms with Crippen LogP contribution in [-0.4, -0.2) is 93.6 Å². The van der Waals surface area contributed by atoms with E-state index in [1.54, 1.807) is 33.1 Å². The molecule has 2 saturated heterocycles. The summed E-state index contributed by atoms with van der Waals surface area (Å²) in [6.07, 6.45) is 17.1. The summed E-state index contributed by atoms with van der Waals surface area (Å²) in [5.41, 5.74) is 15.1. The third kappa shape index (κ3) is 18.5. The van der Waals surface area contributed by atoms with Gasteiger partial charge in [0.15, 0.2) is 23.9 Å². The van der Waals surface area contributed by atoms with Gasteiger partial charge in [0.1, 0.15) is 24.2 Å². The summed E-state index contributed by atoms with van der Waals surface area (Å²) in [4.78, 5) is 47.5. The van der Waals surface area contributed by atoms with Gasteiger partial charge in [-0.3, -0.25) is 19.5 Å². The average Bonchev–Trinajstić information content (AvgIpc) is 3.80. The van der Waals surface area contributed by atoms with Crippen LogP contribution in [0.15, 0.2) is 78.5 Å². The number of Topliss-reactive ketones (excluding diaryl/α,β-unsaturated/α-hetero) is 1. The summed E-state index contributed by atoms with van der Waals surface area (Å²) < 4.78 is 34.3. The summed E-state index contributed by atoms with van der Waals surface area (Å²) in [5.74, 6) is 1.23. The first-order valence-electron chi connectivity index (χ1n) is 27.4. The summed E-state index contributed by atoms with van der Waals surface area (Å²) >= 11 is 0.148. The van der Waals surface area contributed by atoms with Crippen LogP contribution in [0.2, 0.25) is 0 Å². The van der Waals surface area contributed by atoms with Crippen molar-refractivity contribution in [1.82, 2.24) is 23.7 Å². The minimum absolute atomic E-state index is 0.108. The number of fused-ring (bicyclic) bond motifs is 1. The number of nitrogens with two attached hydrogens (primary N) is 1. The molecule has 7 rings (SSSR count). The number of hydrogen-bond acceptors (Lipinski definition) is 10. The number of primary amides is 1. The number of aromatic nitrogens is 3. The summed E-state index contributed by atoms with van der Waals surface area (Å²) in [5, 5.41) is 2.81.